The summed E-state index contributed by atoms with van der Waals surface area (Å²) in [6, 6.07) is 16.8. The van der Waals surface area contributed by atoms with E-state index in [-0.39, 0.29) is 11.5 Å². The van der Waals surface area contributed by atoms with E-state index in [2.05, 4.69) is 15.6 Å². The fraction of sp³-hybridized carbons (Fsp3) is 0.0500. The third-order valence-corrected chi connectivity index (χ3v) is 4.00. The van der Waals surface area contributed by atoms with E-state index in [0.29, 0.717) is 17.1 Å². The van der Waals surface area contributed by atoms with Gasteiger partial charge in [0.1, 0.15) is 17.3 Å². The molecule has 2 aromatic heterocycles. The number of para-hydroxylation sites is 1. The lowest BCUT2D eigenvalue weighted by Gasteiger charge is -2.08. The highest BCUT2D eigenvalue weighted by molar-refractivity contribution is 6.04. The molecule has 1 N–H and O–H groups in total. The van der Waals surface area contributed by atoms with Gasteiger partial charge < -0.3 is 9.73 Å². The molecule has 4 rings (SSSR count). The fourth-order valence-corrected chi connectivity index (χ4v) is 2.66. The predicted molar refractivity (Wildman–Crippen MR) is 98.2 cm³/mol. The normalized spacial score (nSPS) is 10.7. The Hall–Kier alpha value is -3.74. The SMILES string of the molecule is Cc1ccc(-c2ccccc2NC(=O)c2cn(-c3ccc(F)cc3)nn2)o1. The van der Waals surface area contributed by atoms with Crippen LogP contribution < -0.4 is 5.32 Å². The molecule has 1 amide bonds. The molecule has 7 heteroatoms. The van der Waals surface area contributed by atoms with Gasteiger partial charge in [-0.1, -0.05) is 17.3 Å². The number of carbonyl (C=O) groups is 1. The number of aromatic nitrogens is 3. The summed E-state index contributed by atoms with van der Waals surface area (Å²) < 4.78 is 20.1. The van der Waals surface area contributed by atoms with Gasteiger partial charge >= 0.3 is 0 Å². The second-order valence-electron chi connectivity index (χ2n) is 5.93. The summed E-state index contributed by atoms with van der Waals surface area (Å²) in [5.41, 5.74) is 2.12. The molecule has 0 radical (unpaired) electrons. The van der Waals surface area contributed by atoms with Crippen molar-refractivity contribution in [1.29, 1.82) is 0 Å². The van der Waals surface area contributed by atoms with Crippen molar-refractivity contribution < 1.29 is 13.6 Å². The average molecular weight is 362 g/mol. The summed E-state index contributed by atoms with van der Waals surface area (Å²) in [5.74, 6) is 0.701. The highest BCUT2D eigenvalue weighted by Crippen LogP contribution is 2.29. The molecule has 4 aromatic rings. The second-order valence-corrected chi connectivity index (χ2v) is 5.93. The van der Waals surface area contributed by atoms with Crippen molar-refractivity contribution in [3.8, 4) is 17.0 Å². The summed E-state index contributed by atoms with van der Waals surface area (Å²) in [6.45, 7) is 1.86. The number of rotatable bonds is 4. The number of aryl methyl sites for hydroxylation is 1. The van der Waals surface area contributed by atoms with Crippen LogP contribution in [0.1, 0.15) is 16.2 Å². The zero-order valence-corrected chi connectivity index (χ0v) is 14.4. The molecule has 0 saturated carbocycles. The molecule has 0 aliphatic carbocycles. The lowest BCUT2D eigenvalue weighted by molar-refractivity contribution is 0.102. The fourth-order valence-electron chi connectivity index (χ4n) is 2.66. The van der Waals surface area contributed by atoms with Crippen molar-refractivity contribution in [3.05, 3.63) is 84.1 Å². The zero-order valence-electron chi connectivity index (χ0n) is 14.4. The number of anilines is 1. The van der Waals surface area contributed by atoms with E-state index >= 15 is 0 Å². The molecule has 0 atom stereocenters. The maximum absolute atomic E-state index is 13.0. The Bertz CT molecular complexity index is 1100. The van der Waals surface area contributed by atoms with Crippen LogP contribution in [0.4, 0.5) is 10.1 Å². The van der Waals surface area contributed by atoms with E-state index in [0.717, 1.165) is 11.3 Å². The third-order valence-electron chi connectivity index (χ3n) is 4.00. The molecule has 0 aliphatic rings. The molecular weight excluding hydrogens is 347 g/mol. The standard InChI is InChI=1S/C20H15FN4O2/c1-13-6-11-19(27-13)16-4-2-3-5-17(16)22-20(26)18-12-25(24-23-18)15-9-7-14(21)8-10-15/h2-12H,1H3,(H,22,26). The highest BCUT2D eigenvalue weighted by atomic mass is 19.1. The van der Waals surface area contributed by atoms with Crippen molar-refractivity contribution in [2.75, 3.05) is 5.32 Å². The molecule has 0 unspecified atom stereocenters. The first-order valence-corrected chi connectivity index (χ1v) is 8.25. The molecule has 134 valence electrons. The van der Waals surface area contributed by atoms with Gasteiger partial charge in [0.25, 0.3) is 5.91 Å². The van der Waals surface area contributed by atoms with Crippen molar-refractivity contribution in [2.45, 2.75) is 6.92 Å². The van der Waals surface area contributed by atoms with Gasteiger partial charge in [0.05, 0.1) is 17.6 Å². The molecule has 0 saturated heterocycles. The van der Waals surface area contributed by atoms with Gasteiger partial charge in [-0.3, -0.25) is 4.79 Å². The Morgan fingerprint density at radius 3 is 2.59 bits per heavy atom. The van der Waals surface area contributed by atoms with Crippen LogP contribution in [0.25, 0.3) is 17.0 Å². The van der Waals surface area contributed by atoms with E-state index < -0.39 is 5.91 Å². The van der Waals surface area contributed by atoms with E-state index in [1.54, 1.807) is 18.2 Å². The molecule has 27 heavy (non-hydrogen) atoms. The number of furan rings is 1. The van der Waals surface area contributed by atoms with Crippen LogP contribution in [0, 0.1) is 12.7 Å². The minimum absolute atomic E-state index is 0.143. The average Bonchev–Trinajstić information content (AvgIpc) is 3.32. The number of nitrogens with zero attached hydrogens (tertiary/aromatic N) is 3. The summed E-state index contributed by atoms with van der Waals surface area (Å²) in [4.78, 5) is 12.6. The molecule has 2 aromatic carbocycles. The van der Waals surface area contributed by atoms with E-state index in [9.17, 15) is 9.18 Å². The van der Waals surface area contributed by atoms with Gasteiger partial charge in [-0.25, -0.2) is 9.07 Å². The molecule has 6 nitrogen and oxygen atoms in total. The van der Waals surface area contributed by atoms with Crippen LogP contribution in [0.3, 0.4) is 0 Å². The van der Waals surface area contributed by atoms with E-state index in [4.69, 9.17) is 4.42 Å². The summed E-state index contributed by atoms with van der Waals surface area (Å²) >= 11 is 0. The number of nitrogens with one attached hydrogen (secondary N) is 1. The summed E-state index contributed by atoms with van der Waals surface area (Å²) in [6.07, 6.45) is 1.49. The number of benzene rings is 2. The van der Waals surface area contributed by atoms with Gasteiger partial charge in [0.15, 0.2) is 5.69 Å². The maximum Gasteiger partial charge on any atom is 0.277 e. The van der Waals surface area contributed by atoms with Gasteiger partial charge in [-0.2, -0.15) is 0 Å². The molecule has 0 spiro atoms. The first-order chi connectivity index (χ1) is 13.1. The van der Waals surface area contributed by atoms with Crippen LogP contribution in [-0.2, 0) is 0 Å². The van der Waals surface area contributed by atoms with E-state index in [1.807, 2.05) is 37.3 Å². The van der Waals surface area contributed by atoms with Gasteiger partial charge in [-0.15, -0.1) is 5.10 Å². The van der Waals surface area contributed by atoms with Crippen molar-refractivity contribution in [1.82, 2.24) is 15.0 Å². The predicted octanol–water partition coefficient (Wildman–Crippen LogP) is 4.23. The largest absolute Gasteiger partial charge is 0.461 e. The number of carbonyl (C=O) groups excluding carboxylic acids is 1. The molecule has 0 fully saturated rings. The first kappa shape index (κ1) is 16.7. The minimum Gasteiger partial charge on any atom is -0.461 e. The van der Waals surface area contributed by atoms with Gasteiger partial charge in [0.2, 0.25) is 0 Å². The van der Waals surface area contributed by atoms with Crippen molar-refractivity contribution in [3.63, 3.8) is 0 Å². The number of hydrogen-bond acceptors (Lipinski definition) is 4. The zero-order chi connectivity index (χ0) is 18.8. The Kier molecular flexibility index (Phi) is 4.25. The number of hydrogen-bond donors (Lipinski definition) is 1. The van der Waals surface area contributed by atoms with Crippen LogP contribution >= 0.6 is 0 Å². The first-order valence-electron chi connectivity index (χ1n) is 8.25. The minimum atomic E-state index is -0.404. The Balaban J connectivity index is 1.58. The maximum atomic E-state index is 13.0. The van der Waals surface area contributed by atoms with Crippen LogP contribution in [0.15, 0.2) is 71.3 Å². The lowest BCUT2D eigenvalue weighted by atomic mass is 10.1. The van der Waals surface area contributed by atoms with E-state index in [1.165, 1.54) is 23.0 Å². The summed E-state index contributed by atoms with van der Waals surface area (Å²) in [5, 5.41) is 10.7. The monoisotopic (exact) mass is 362 g/mol. The molecule has 0 bridgehead atoms. The highest BCUT2D eigenvalue weighted by Gasteiger charge is 2.15. The number of amides is 1. The van der Waals surface area contributed by atoms with Crippen LogP contribution in [0.2, 0.25) is 0 Å². The third kappa shape index (κ3) is 3.48. The molecular formula is C20H15FN4O2. The van der Waals surface area contributed by atoms with Crippen LogP contribution in [-0.4, -0.2) is 20.9 Å². The lowest BCUT2D eigenvalue weighted by Crippen LogP contribution is -2.13. The smallest absolute Gasteiger partial charge is 0.277 e. The topological polar surface area (TPSA) is 73.0 Å². The Labute approximate surface area is 154 Å². The Morgan fingerprint density at radius 1 is 1.07 bits per heavy atom. The van der Waals surface area contributed by atoms with Crippen LogP contribution in [0.5, 0.6) is 0 Å². The van der Waals surface area contributed by atoms with Gasteiger partial charge in [-0.05, 0) is 55.5 Å². The van der Waals surface area contributed by atoms with Crippen molar-refractivity contribution >= 4 is 11.6 Å². The summed E-state index contributed by atoms with van der Waals surface area (Å²) in [7, 11) is 0. The van der Waals surface area contributed by atoms with Gasteiger partial charge in [0, 0.05) is 5.56 Å². The van der Waals surface area contributed by atoms with Crippen molar-refractivity contribution in [2.24, 2.45) is 0 Å². The molecule has 0 aliphatic heterocycles. The Morgan fingerprint density at radius 2 is 1.85 bits per heavy atom. The molecule has 2 heterocycles. The quantitative estimate of drug-likeness (QED) is 0.590. The number of halogens is 1. The second kappa shape index (κ2) is 6.87.